The molecule has 1 fully saturated rings. The fraction of sp³-hybridized carbons (Fsp3) is 0.235. The highest BCUT2D eigenvalue weighted by Gasteiger charge is 2.29. The maximum atomic E-state index is 13.2. The van der Waals surface area contributed by atoms with Gasteiger partial charge in [-0.3, -0.25) is 0 Å². The monoisotopic (exact) mass is 491 g/mol. The van der Waals surface area contributed by atoms with E-state index in [9.17, 15) is 12.8 Å². The summed E-state index contributed by atoms with van der Waals surface area (Å²) in [5, 5.41) is 4.01. The Balaban J connectivity index is 1.62. The third kappa shape index (κ3) is 4.78. The third-order valence-corrected chi connectivity index (χ3v) is 7.33. The number of sulfonamides is 1. The summed E-state index contributed by atoms with van der Waals surface area (Å²) < 4.78 is 40.6. The molecule has 27 heavy (non-hydrogen) atoms. The van der Waals surface area contributed by atoms with Gasteiger partial charge in [-0.05, 0) is 70.6 Å². The standard InChI is InChI=1S/C17H16BrClFN3O2S2/c18-15-11-13(20)3-6-16(15)21-17(26)22-7-9-23(10-8-22)27(24,25)14-4-1-12(19)2-5-14/h1-6,11H,7-10H2,(H,21,26). The summed E-state index contributed by atoms with van der Waals surface area (Å²) >= 11 is 14.5. The Hall–Kier alpha value is -1.26. The molecule has 1 aliphatic heterocycles. The van der Waals surface area contributed by atoms with Gasteiger partial charge in [-0.2, -0.15) is 4.31 Å². The highest BCUT2D eigenvalue weighted by atomic mass is 79.9. The third-order valence-electron chi connectivity index (χ3n) is 4.15. The topological polar surface area (TPSA) is 52.7 Å². The van der Waals surface area contributed by atoms with Crippen LogP contribution in [-0.4, -0.2) is 48.9 Å². The predicted octanol–water partition coefficient (Wildman–Crippen LogP) is 3.94. The molecule has 0 saturated carbocycles. The van der Waals surface area contributed by atoms with Gasteiger partial charge in [-0.15, -0.1) is 0 Å². The number of anilines is 1. The number of thiocarbonyl (C=S) groups is 1. The number of piperazine rings is 1. The predicted molar refractivity (Wildman–Crippen MR) is 112 cm³/mol. The Morgan fingerprint density at radius 1 is 1.11 bits per heavy atom. The summed E-state index contributed by atoms with van der Waals surface area (Å²) in [5.74, 6) is -0.348. The van der Waals surface area contributed by atoms with Crippen LogP contribution in [0.2, 0.25) is 5.02 Å². The van der Waals surface area contributed by atoms with Gasteiger partial charge in [0.15, 0.2) is 5.11 Å². The first-order valence-electron chi connectivity index (χ1n) is 8.04. The Bertz CT molecular complexity index is 949. The molecule has 2 aromatic carbocycles. The van der Waals surface area contributed by atoms with Crippen LogP contribution in [-0.2, 0) is 10.0 Å². The molecular weight excluding hydrogens is 477 g/mol. The van der Waals surface area contributed by atoms with E-state index in [1.165, 1.54) is 28.6 Å². The van der Waals surface area contributed by atoms with E-state index in [1.54, 1.807) is 18.2 Å². The van der Waals surface area contributed by atoms with Crippen molar-refractivity contribution in [2.45, 2.75) is 4.90 Å². The number of hydrogen-bond donors (Lipinski definition) is 1. The quantitative estimate of drug-likeness (QED) is 0.658. The van der Waals surface area contributed by atoms with Gasteiger partial charge in [-0.1, -0.05) is 11.6 Å². The van der Waals surface area contributed by atoms with Crippen LogP contribution in [0.15, 0.2) is 51.8 Å². The van der Waals surface area contributed by atoms with Crippen LogP contribution >= 0.6 is 39.7 Å². The molecule has 1 aliphatic rings. The van der Waals surface area contributed by atoms with Crippen LogP contribution in [0.4, 0.5) is 10.1 Å². The number of nitrogens with zero attached hydrogens (tertiary/aromatic N) is 2. The van der Waals surface area contributed by atoms with Gasteiger partial charge < -0.3 is 10.2 Å². The van der Waals surface area contributed by atoms with Gasteiger partial charge in [-0.25, -0.2) is 12.8 Å². The van der Waals surface area contributed by atoms with E-state index in [2.05, 4.69) is 21.2 Å². The molecule has 1 heterocycles. The molecule has 2 aromatic rings. The smallest absolute Gasteiger partial charge is 0.243 e. The van der Waals surface area contributed by atoms with Gasteiger partial charge >= 0.3 is 0 Å². The maximum absolute atomic E-state index is 13.2. The maximum Gasteiger partial charge on any atom is 0.243 e. The molecule has 0 amide bonds. The van der Waals surface area contributed by atoms with Crippen molar-refractivity contribution in [3.63, 3.8) is 0 Å². The lowest BCUT2D eigenvalue weighted by molar-refractivity contribution is 0.268. The van der Waals surface area contributed by atoms with E-state index >= 15 is 0 Å². The summed E-state index contributed by atoms with van der Waals surface area (Å²) in [6.07, 6.45) is 0. The fourth-order valence-electron chi connectivity index (χ4n) is 2.67. The van der Waals surface area contributed by atoms with Crippen molar-refractivity contribution in [3.05, 3.63) is 57.8 Å². The van der Waals surface area contributed by atoms with Crippen molar-refractivity contribution in [3.8, 4) is 0 Å². The molecule has 144 valence electrons. The molecule has 0 bridgehead atoms. The lowest BCUT2D eigenvalue weighted by Gasteiger charge is -2.35. The molecule has 0 aliphatic carbocycles. The molecule has 0 radical (unpaired) electrons. The molecule has 5 nitrogen and oxygen atoms in total. The first-order valence-corrected chi connectivity index (χ1v) is 11.1. The van der Waals surface area contributed by atoms with E-state index in [1.807, 2.05) is 4.90 Å². The molecule has 0 spiro atoms. The van der Waals surface area contributed by atoms with Gasteiger partial charge in [0.05, 0.1) is 10.6 Å². The average molecular weight is 493 g/mol. The largest absolute Gasteiger partial charge is 0.346 e. The second-order valence-electron chi connectivity index (χ2n) is 5.90. The SMILES string of the molecule is O=S(=O)(c1ccc(Cl)cc1)N1CCN(C(=S)Nc2ccc(F)cc2Br)CC1. The lowest BCUT2D eigenvalue weighted by atomic mass is 10.3. The Labute approximate surface area is 176 Å². The second-order valence-corrected chi connectivity index (χ2v) is 9.51. The molecule has 0 aromatic heterocycles. The average Bonchev–Trinajstić information content (AvgIpc) is 2.64. The van der Waals surface area contributed by atoms with Gasteiger partial charge in [0.2, 0.25) is 10.0 Å². The van der Waals surface area contributed by atoms with Crippen LogP contribution in [0.5, 0.6) is 0 Å². The highest BCUT2D eigenvalue weighted by Crippen LogP contribution is 2.24. The first kappa shape index (κ1) is 20.5. The van der Waals surface area contributed by atoms with E-state index in [4.69, 9.17) is 23.8 Å². The highest BCUT2D eigenvalue weighted by molar-refractivity contribution is 9.10. The molecular formula is C17H16BrClFN3O2S2. The zero-order chi connectivity index (χ0) is 19.6. The van der Waals surface area contributed by atoms with Crippen LogP contribution in [0.1, 0.15) is 0 Å². The summed E-state index contributed by atoms with van der Waals surface area (Å²) in [6.45, 7) is 1.55. The van der Waals surface area contributed by atoms with Crippen molar-refractivity contribution in [1.82, 2.24) is 9.21 Å². The van der Waals surface area contributed by atoms with E-state index in [0.29, 0.717) is 46.5 Å². The lowest BCUT2D eigenvalue weighted by Crippen LogP contribution is -2.51. The minimum atomic E-state index is -3.56. The van der Waals surface area contributed by atoms with Crippen molar-refractivity contribution in [2.24, 2.45) is 0 Å². The first-order chi connectivity index (χ1) is 12.8. The second kappa shape index (κ2) is 8.40. The fourth-order valence-corrected chi connectivity index (χ4v) is 4.96. The molecule has 10 heteroatoms. The van der Waals surface area contributed by atoms with Crippen LogP contribution in [0.25, 0.3) is 0 Å². The molecule has 0 atom stereocenters. The summed E-state index contributed by atoms with van der Waals surface area (Å²) in [6, 6.07) is 10.4. The number of hydrogen-bond acceptors (Lipinski definition) is 3. The van der Waals surface area contributed by atoms with Crippen molar-refractivity contribution in [2.75, 3.05) is 31.5 Å². The number of halogens is 3. The number of rotatable bonds is 3. The normalized spacial score (nSPS) is 15.6. The molecule has 0 unspecified atom stereocenters. The Kier molecular flexibility index (Phi) is 6.37. The van der Waals surface area contributed by atoms with Crippen molar-refractivity contribution < 1.29 is 12.8 Å². The minimum absolute atomic E-state index is 0.219. The van der Waals surface area contributed by atoms with Crippen molar-refractivity contribution >= 4 is 60.6 Å². The van der Waals surface area contributed by atoms with Crippen molar-refractivity contribution in [1.29, 1.82) is 0 Å². The minimum Gasteiger partial charge on any atom is -0.346 e. The van der Waals surface area contributed by atoms with Gasteiger partial charge in [0, 0.05) is 35.7 Å². The molecule has 3 rings (SSSR count). The van der Waals surface area contributed by atoms with Gasteiger partial charge in [0.1, 0.15) is 5.82 Å². The summed E-state index contributed by atoms with van der Waals surface area (Å²) in [5.41, 5.74) is 0.651. The van der Waals surface area contributed by atoms with Crippen LogP contribution < -0.4 is 5.32 Å². The zero-order valence-electron chi connectivity index (χ0n) is 14.0. The number of nitrogens with one attached hydrogen (secondary N) is 1. The number of benzene rings is 2. The Morgan fingerprint density at radius 2 is 1.74 bits per heavy atom. The molecule has 1 N–H and O–H groups in total. The van der Waals surface area contributed by atoms with E-state index in [0.717, 1.165) is 0 Å². The van der Waals surface area contributed by atoms with E-state index < -0.39 is 10.0 Å². The van der Waals surface area contributed by atoms with Gasteiger partial charge in [0.25, 0.3) is 0 Å². The van der Waals surface area contributed by atoms with Crippen LogP contribution in [0.3, 0.4) is 0 Å². The summed E-state index contributed by atoms with van der Waals surface area (Å²) in [7, 11) is -3.56. The van der Waals surface area contributed by atoms with Crippen LogP contribution in [0, 0.1) is 5.82 Å². The molecule has 1 saturated heterocycles. The van der Waals surface area contributed by atoms with E-state index in [-0.39, 0.29) is 10.7 Å². The summed E-state index contributed by atoms with van der Waals surface area (Å²) in [4.78, 5) is 2.11. The zero-order valence-corrected chi connectivity index (χ0v) is 18.0. The Morgan fingerprint density at radius 3 is 2.33 bits per heavy atom.